The summed E-state index contributed by atoms with van der Waals surface area (Å²) in [5, 5.41) is 12.0. The van der Waals surface area contributed by atoms with Crippen molar-refractivity contribution < 1.29 is 4.39 Å². The zero-order chi connectivity index (χ0) is 21.6. The number of nitrogens with one attached hydrogen (secondary N) is 3. The lowest BCUT2D eigenvalue weighted by molar-refractivity contribution is 0.509. The van der Waals surface area contributed by atoms with Crippen LogP contribution in [0.5, 0.6) is 0 Å². The minimum atomic E-state index is -0.228. The second-order valence-electron chi connectivity index (χ2n) is 7.83. The van der Waals surface area contributed by atoms with Crippen molar-refractivity contribution in [3.63, 3.8) is 0 Å². The van der Waals surface area contributed by atoms with Crippen molar-refractivity contribution in [3.8, 4) is 0 Å². The first kappa shape index (κ1) is 21.1. The van der Waals surface area contributed by atoms with Crippen LogP contribution in [0.15, 0.2) is 34.2 Å². The van der Waals surface area contributed by atoms with Crippen molar-refractivity contribution >= 4 is 16.9 Å². The summed E-state index contributed by atoms with van der Waals surface area (Å²) in [6, 6.07) is 4.79. The van der Waals surface area contributed by atoms with Gasteiger partial charge in [0.25, 0.3) is 0 Å². The molecule has 4 rings (SSSR count). The predicted molar refractivity (Wildman–Crippen MR) is 120 cm³/mol. The molecule has 0 radical (unpaired) electrons. The van der Waals surface area contributed by atoms with Gasteiger partial charge in [0.05, 0.1) is 0 Å². The van der Waals surface area contributed by atoms with E-state index in [-0.39, 0.29) is 11.5 Å². The third-order valence-corrected chi connectivity index (χ3v) is 5.59. The van der Waals surface area contributed by atoms with Gasteiger partial charge in [-0.15, -0.1) is 0 Å². The Morgan fingerprint density at radius 3 is 3.06 bits per heavy atom. The van der Waals surface area contributed by atoms with Crippen LogP contribution in [-0.4, -0.2) is 44.9 Å². The largest absolute Gasteiger partial charge is 0.361 e. The third-order valence-electron chi connectivity index (χ3n) is 5.59. The molecule has 1 aromatic carbocycles. The number of guanidine groups is 1. The molecule has 8 nitrogen and oxygen atoms in total. The van der Waals surface area contributed by atoms with Crippen molar-refractivity contribution in [2.24, 2.45) is 4.99 Å². The topological polar surface area (TPSA) is 92.0 Å². The zero-order valence-electron chi connectivity index (χ0n) is 18.0. The molecule has 3 heterocycles. The summed E-state index contributed by atoms with van der Waals surface area (Å²) >= 11 is 0. The van der Waals surface area contributed by atoms with Crippen molar-refractivity contribution in [2.45, 2.75) is 52.1 Å². The molecule has 0 fully saturated rings. The van der Waals surface area contributed by atoms with Crippen LogP contribution in [0.4, 0.5) is 4.39 Å². The van der Waals surface area contributed by atoms with E-state index >= 15 is 0 Å². The molecule has 1 aliphatic heterocycles. The Hall–Kier alpha value is -3.10. The van der Waals surface area contributed by atoms with Gasteiger partial charge in [0, 0.05) is 56.2 Å². The number of benzene rings is 1. The molecule has 0 amide bonds. The van der Waals surface area contributed by atoms with E-state index < -0.39 is 0 Å². The molecule has 166 valence electrons. The molecule has 3 N–H and O–H groups in total. The quantitative estimate of drug-likeness (QED) is 0.292. The van der Waals surface area contributed by atoms with Crippen LogP contribution in [0.3, 0.4) is 0 Å². The molecule has 0 bridgehead atoms. The van der Waals surface area contributed by atoms with Crippen molar-refractivity contribution in [1.29, 1.82) is 0 Å². The molecule has 31 heavy (non-hydrogen) atoms. The standard InChI is InChI=1S/C22H30FN7O/c1-2-24-21(26-11-9-16-15-27-19-8-7-17(23)14-18(16)19)25-10-5-13-30-22(31)29-12-4-3-6-20(29)28-30/h7-8,14-15,27H,2-6,9-13H2,1H3,(H2,24,25,26). The first-order valence-corrected chi connectivity index (χ1v) is 11.1. The fraction of sp³-hybridized carbons (Fsp3) is 0.500. The number of aromatic amines is 1. The molecule has 9 heteroatoms. The van der Waals surface area contributed by atoms with Crippen LogP contribution in [-0.2, 0) is 25.9 Å². The molecule has 0 saturated heterocycles. The predicted octanol–water partition coefficient (Wildman–Crippen LogP) is 2.19. The van der Waals surface area contributed by atoms with Gasteiger partial charge in [0.15, 0.2) is 5.96 Å². The molecule has 0 saturated carbocycles. The van der Waals surface area contributed by atoms with E-state index in [0.717, 1.165) is 73.4 Å². The maximum atomic E-state index is 13.5. The van der Waals surface area contributed by atoms with Gasteiger partial charge in [-0.3, -0.25) is 9.56 Å². The van der Waals surface area contributed by atoms with E-state index in [2.05, 4.69) is 25.7 Å². The molecule has 0 unspecified atom stereocenters. The number of hydrogen-bond acceptors (Lipinski definition) is 3. The first-order valence-electron chi connectivity index (χ1n) is 11.1. The Bertz CT molecular complexity index is 1110. The minimum Gasteiger partial charge on any atom is -0.361 e. The van der Waals surface area contributed by atoms with Gasteiger partial charge in [0.2, 0.25) is 0 Å². The minimum absolute atomic E-state index is 0.00104. The second kappa shape index (κ2) is 9.80. The van der Waals surface area contributed by atoms with Gasteiger partial charge in [-0.25, -0.2) is 13.9 Å². The molecular weight excluding hydrogens is 397 g/mol. The maximum Gasteiger partial charge on any atom is 0.345 e. The lowest BCUT2D eigenvalue weighted by Crippen LogP contribution is -2.38. The highest BCUT2D eigenvalue weighted by Crippen LogP contribution is 2.19. The second-order valence-corrected chi connectivity index (χ2v) is 7.83. The SMILES string of the molecule is CCNC(=NCCCn1nc2n(c1=O)CCCC2)NCCc1c[nH]c2ccc(F)cc12. The average Bonchev–Trinajstić information content (AvgIpc) is 3.32. The average molecular weight is 428 g/mol. The highest BCUT2D eigenvalue weighted by molar-refractivity contribution is 5.83. The Balaban J connectivity index is 1.28. The van der Waals surface area contributed by atoms with Crippen LogP contribution in [0, 0.1) is 5.82 Å². The summed E-state index contributed by atoms with van der Waals surface area (Å²) in [6.07, 6.45) is 6.47. The highest BCUT2D eigenvalue weighted by atomic mass is 19.1. The van der Waals surface area contributed by atoms with Crippen molar-refractivity contribution in [2.75, 3.05) is 19.6 Å². The number of aryl methyl sites for hydroxylation is 2. The monoisotopic (exact) mass is 427 g/mol. The molecule has 0 aliphatic carbocycles. The van der Waals surface area contributed by atoms with E-state index in [1.165, 1.54) is 6.07 Å². The van der Waals surface area contributed by atoms with Crippen LogP contribution in [0.2, 0.25) is 0 Å². The molecular formula is C22H30FN7O. The number of aromatic nitrogens is 4. The van der Waals surface area contributed by atoms with Gasteiger partial charge in [-0.2, -0.15) is 5.10 Å². The highest BCUT2D eigenvalue weighted by Gasteiger charge is 2.16. The van der Waals surface area contributed by atoms with Crippen LogP contribution >= 0.6 is 0 Å². The van der Waals surface area contributed by atoms with Crippen molar-refractivity contribution in [3.05, 3.63) is 52.1 Å². The molecule has 2 aromatic heterocycles. The van der Waals surface area contributed by atoms with Gasteiger partial charge in [-0.05, 0) is 56.4 Å². The molecule has 0 atom stereocenters. The van der Waals surface area contributed by atoms with Gasteiger partial charge >= 0.3 is 5.69 Å². The summed E-state index contributed by atoms with van der Waals surface area (Å²) in [6.45, 7) is 5.42. The normalized spacial score (nSPS) is 14.1. The third kappa shape index (κ3) is 4.98. The Morgan fingerprint density at radius 1 is 1.32 bits per heavy atom. The smallest absolute Gasteiger partial charge is 0.345 e. The lowest BCUT2D eigenvalue weighted by atomic mass is 10.1. The van der Waals surface area contributed by atoms with Crippen LogP contribution < -0.4 is 16.3 Å². The Morgan fingerprint density at radius 2 is 2.23 bits per heavy atom. The Kier molecular flexibility index (Phi) is 6.69. The maximum absolute atomic E-state index is 13.5. The van der Waals surface area contributed by atoms with E-state index in [0.29, 0.717) is 19.6 Å². The van der Waals surface area contributed by atoms with Crippen LogP contribution in [0.25, 0.3) is 10.9 Å². The van der Waals surface area contributed by atoms with Crippen molar-refractivity contribution in [1.82, 2.24) is 30.0 Å². The lowest BCUT2D eigenvalue weighted by Gasteiger charge is -2.11. The summed E-state index contributed by atoms with van der Waals surface area (Å²) in [5.41, 5.74) is 2.01. The summed E-state index contributed by atoms with van der Waals surface area (Å²) in [7, 11) is 0. The fourth-order valence-electron chi connectivity index (χ4n) is 4.02. The van der Waals surface area contributed by atoms with Gasteiger partial charge in [-0.1, -0.05) is 0 Å². The number of rotatable bonds is 8. The van der Waals surface area contributed by atoms with E-state index in [9.17, 15) is 9.18 Å². The van der Waals surface area contributed by atoms with Gasteiger partial charge in [0.1, 0.15) is 11.6 Å². The molecule has 3 aromatic rings. The summed E-state index contributed by atoms with van der Waals surface area (Å²) in [4.78, 5) is 20.2. The number of halogens is 1. The number of aliphatic imine (C=N–C) groups is 1. The zero-order valence-corrected chi connectivity index (χ0v) is 18.0. The fourth-order valence-corrected chi connectivity index (χ4v) is 4.02. The van der Waals surface area contributed by atoms with Gasteiger partial charge < -0.3 is 15.6 Å². The molecule has 0 spiro atoms. The number of nitrogens with zero attached hydrogens (tertiary/aromatic N) is 4. The number of fused-ring (bicyclic) bond motifs is 2. The van der Waals surface area contributed by atoms with Crippen LogP contribution in [0.1, 0.15) is 37.6 Å². The first-order chi connectivity index (χ1) is 15.2. The molecule has 1 aliphatic rings. The van der Waals surface area contributed by atoms with E-state index in [1.807, 2.05) is 13.1 Å². The van der Waals surface area contributed by atoms with E-state index in [1.54, 1.807) is 21.4 Å². The number of hydrogen-bond donors (Lipinski definition) is 3. The number of H-pyrrole nitrogens is 1. The Labute approximate surface area is 180 Å². The summed E-state index contributed by atoms with van der Waals surface area (Å²) in [5.74, 6) is 1.42. The van der Waals surface area contributed by atoms with E-state index in [4.69, 9.17) is 0 Å². The summed E-state index contributed by atoms with van der Waals surface area (Å²) < 4.78 is 16.9.